The number of hydrogen-bond donors (Lipinski definition) is 0. The van der Waals surface area contributed by atoms with E-state index in [1.807, 2.05) is 0 Å². The molecule has 3 aromatic rings. The van der Waals surface area contributed by atoms with Crippen LogP contribution < -0.4 is 29.0 Å². The molecule has 4 heteroatoms. The van der Waals surface area contributed by atoms with Gasteiger partial charge in [-0.15, -0.1) is 0 Å². The van der Waals surface area contributed by atoms with E-state index in [9.17, 15) is 0 Å². The molecule has 0 N–H and O–H groups in total. The first kappa shape index (κ1) is 39.9. The average molecular weight is 739 g/mol. The normalized spacial score (nSPS) is 11.9. The molecule has 0 aromatic heterocycles. The summed E-state index contributed by atoms with van der Waals surface area (Å²) in [6, 6.07) is 30.4. The van der Waals surface area contributed by atoms with Crippen LogP contribution in [-0.2, 0) is 0 Å². The third-order valence-corrected chi connectivity index (χ3v) is 22.2. The first-order valence-electron chi connectivity index (χ1n) is 18.9. The van der Waals surface area contributed by atoms with Crippen molar-refractivity contribution in [2.24, 2.45) is 0 Å². The Morgan fingerprint density at radius 1 is 0.370 bits per heavy atom. The molecule has 0 aliphatic carbocycles. The van der Waals surface area contributed by atoms with Crippen LogP contribution in [0, 0.1) is 0 Å². The van der Waals surface area contributed by atoms with Crippen LogP contribution in [0.1, 0.15) is 119 Å². The summed E-state index contributed by atoms with van der Waals surface area (Å²) in [5, 5.41) is 5.01. The second-order valence-corrected chi connectivity index (χ2v) is 25.1. The van der Waals surface area contributed by atoms with Gasteiger partial charge in [0, 0.05) is 0 Å². The van der Waals surface area contributed by atoms with E-state index in [0.29, 0.717) is 0 Å². The summed E-state index contributed by atoms with van der Waals surface area (Å²) >= 11 is -1.75. The predicted molar refractivity (Wildman–Crippen MR) is 222 cm³/mol. The summed E-state index contributed by atoms with van der Waals surface area (Å²) in [6.45, 7) is 14.2. The van der Waals surface area contributed by atoms with Gasteiger partial charge in [-0.25, -0.2) is 0 Å². The first-order chi connectivity index (χ1) is 22.6. The minimum atomic E-state index is -1.75. The van der Waals surface area contributed by atoms with Crippen molar-refractivity contribution < 1.29 is 0 Å². The van der Waals surface area contributed by atoms with Crippen LogP contribution in [0.2, 0.25) is 0 Å². The van der Waals surface area contributed by atoms with Gasteiger partial charge in [0.05, 0.1) is 0 Å². The van der Waals surface area contributed by atoms with Gasteiger partial charge in [-0.2, -0.15) is 0 Å². The molecular formula is C42H66AsP3. The topological polar surface area (TPSA) is 0 Å². The summed E-state index contributed by atoms with van der Waals surface area (Å²) < 4.78 is 4.95. The van der Waals surface area contributed by atoms with E-state index in [0.717, 1.165) is 0 Å². The molecule has 0 atom stereocenters. The Labute approximate surface area is 294 Å². The van der Waals surface area contributed by atoms with Crippen molar-refractivity contribution in [2.45, 2.75) is 119 Å². The molecule has 0 spiro atoms. The van der Waals surface area contributed by atoms with Crippen molar-refractivity contribution in [3.8, 4) is 0 Å². The Morgan fingerprint density at radius 3 is 0.826 bits per heavy atom. The Balaban J connectivity index is 2.14. The van der Waals surface area contributed by atoms with Crippen LogP contribution in [0.15, 0.2) is 72.8 Å². The molecule has 0 aliphatic heterocycles. The van der Waals surface area contributed by atoms with Gasteiger partial charge < -0.3 is 0 Å². The van der Waals surface area contributed by atoms with E-state index in [4.69, 9.17) is 0 Å². The van der Waals surface area contributed by atoms with Crippen molar-refractivity contribution in [3.05, 3.63) is 72.8 Å². The predicted octanol–water partition coefficient (Wildman–Crippen LogP) is 10.3. The Morgan fingerprint density at radius 2 is 0.609 bits per heavy atom. The molecule has 0 radical (unpaired) electrons. The molecule has 0 aliphatic rings. The van der Waals surface area contributed by atoms with E-state index in [1.165, 1.54) is 114 Å². The number of benzene rings is 3. The van der Waals surface area contributed by atoms with Gasteiger partial charge in [0.15, 0.2) is 0 Å². The summed E-state index contributed by atoms with van der Waals surface area (Å²) in [5.41, 5.74) is 0. The van der Waals surface area contributed by atoms with Crippen molar-refractivity contribution in [2.75, 3.05) is 37.0 Å². The Bertz CT molecular complexity index is 1050. The molecule has 3 aromatic carbocycles. The van der Waals surface area contributed by atoms with Gasteiger partial charge >= 0.3 is 296 Å². The second-order valence-electron chi connectivity index (χ2n) is 13.0. The van der Waals surface area contributed by atoms with Crippen molar-refractivity contribution >= 4 is 67.4 Å². The van der Waals surface area contributed by atoms with E-state index < -0.39 is 14.7 Å². The number of rotatable bonds is 24. The molecule has 3 rings (SSSR count). The monoisotopic (exact) mass is 738 g/mol. The Kier molecular flexibility index (Phi) is 20.7. The molecule has 0 saturated carbocycles. The molecule has 0 unspecified atom stereocenters. The van der Waals surface area contributed by atoms with Crippen LogP contribution in [0.3, 0.4) is 0 Å². The van der Waals surface area contributed by atoms with Crippen LogP contribution in [0.25, 0.3) is 0 Å². The van der Waals surface area contributed by atoms with Crippen LogP contribution >= 0.6 is 23.8 Å². The molecule has 46 heavy (non-hydrogen) atoms. The van der Waals surface area contributed by atoms with E-state index in [2.05, 4.69) is 114 Å². The maximum absolute atomic E-state index is 2.71. The van der Waals surface area contributed by atoms with E-state index in [1.54, 1.807) is 29.0 Å². The SMILES string of the molecule is CCCCP(CCCC)c1cccc([As](c2cccc(P(CCCC)CCCC)c2)c2cccc(P(CCCC)CCCC)c2)c1. The fraction of sp³-hybridized carbons (Fsp3) is 0.571. The average Bonchev–Trinajstić information content (AvgIpc) is 3.09. The summed E-state index contributed by atoms with van der Waals surface area (Å²) in [7, 11) is -0.232. The van der Waals surface area contributed by atoms with E-state index in [-0.39, 0.29) is 23.8 Å². The third-order valence-electron chi connectivity index (χ3n) is 9.05. The van der Waals surface area contributed by atoms with Gasteiger partial charge in [0.1, 0.15) is 0 Å². The summed E-state index contributed by atoms with van der Waals surface area (Å²) in [4.78, 5) is 0. The number of unbranched alkanes of at least 4 members (excludes halogenated alkanes) is 6. The van der Waals surface area contributed by atoms with Crippen LogP contribution in [-0.4, -0.2) is 51.6 Å². The molecule has 0 fully saturated rings. The summed E-state index contributed by atoms with van der Waals surface area (Å²) in [6.07, 6.45) is 24.4. The van der Waals surface area contributed by atoms with Gasteiger partial charge in [-0.1, -0.05) is 0 Å². The van der Waals surface area contributed by atoms with Crippen molar-refractivity contribution in [3.63, 3.8) is 0 Å². The second kappa shape index (κ2) is 23.8. The fourth-order valence-corrected chi connectivity index (χ4v) is 20.1. The van der Waals surface area contributed by atoms with E-state index >= 15 is 0 Å². The minimum absolute atomic E-state index is 0.0774. The molecule has 0 heterocycles. The van der Waals surface area contributed by atoms with Crippen molar-refractivity contribution in [1.29, 1.82) is 0 Å². The summed E-state index contributed by atoms with van der Waals surface area (Å²) in [5.74, 6) is 0. The van der Waals surface area contributed by atoms with Crippen LogP contribution in [0.4, 0.5) is 0 Å². The zero-order chi connectivity index (χ0) is 33.0. The molecule has 0 amide bonds. The quantitative estimate of drug-likeness (QED) is 0.0634. The van der Waals surface area contributed by atoms with Gasteiger partial charge in [-0.05, 0) is 0 Å². The standard InChI is InChI=1S/C42H66AsP3/c1-7-13-28-44(29-14-8-2)40-25-19-22-37(34-40)43(38-23-20-26-41(35-38)45(30-15-9-3)31-16-10-4)39-24-21-27-42(36-39)46(32-17-11-5)33-18-12-6/h19-27,34-36H,7-18,28-33H2,1-6H3. The Hall–Kier alpha value is -0.492. The van der Waals surface area contributed by atoms with Crippen molar-refractivity contribution in [1.82, 2.24) is 0 Å². The first-order valence-corrected chi connectivity index (χ1v) is 26.9. The van der Waals surface area contributed by atoms with Gasteiger partial charge in [0.25, 0.3) is 0 Å². The number of hydrogen-bond acceptors (Lipinski definition) is 0. The van der Waals surface area contributed by atoms with Gasteiger partial charge in [0.2, 0.25) is 0 Å². The van der Waals surface area contributed by atoms with Crippen LogP contribution in [0.5, 0.6) is 0 Å². The molecule has 0 nitrogen and oxygen atoms in total. The maximum atomic E-state index is 2.71. The fourth-order valence-electron chi connectivity index (χ4n) is 6.14. The third kappa shape index (κ3) is 13.1. The van der Waals surface area contributed by atoms with Gasteiger partial charge in [-0.3, -0.25) is 0 Å². The molecule has 254 valence electrons. The zero-order valence-electron chi connectivity index (χ0n) is 30.4. The molecule has 0 saturated heterocycles. The molecule has 0 bridgehead atoms. The molecular weight excluding hydrogens is 672 g/mol. The zero-order valence-corrected chi connectivity index (χ0v) is 35.0.